The first-order chi connectivity index (χ1) is 8.81. The summed E-state index contributed by atoms with van der Waals surface area (Å²) in [5.41, 5.74) is 6.06. The fraction of sp³-hybridized carbons (Fsp3) is 1.00. The van der Waals surface area contributed by atoms with Gasteiger partial charge in [-0.2, -0.15) is 0 Å². The van der Waals surface area contributed by atoms with E-state index in [0.717, 1.165) is 26.1 Å². The Labute approximate surface area is 115 Å². The molecule has 1 atom stereocenters. The normalized spacial score (nSPS) is 12.8. The molecule has 18 heavy (non-hydrogen) atoms. The van der Waals surface area contributed by atoms with Gasteiger partial charge in [-0.3, -0.25) is 0 Å². The van der Waals surface area contributed by atoms with E-state index >= 15 is 0 Å². The maximum absolute atomic E-state index is 6.06. The van der Waals surface area contributed by atoms with E-state index < -0.39 is 0 Å². The maximum Gasteiger partial charge on any atom is 0.0480 e. The summed E-state index contributed by atoms with van der Waals surface area (Å²) in [6, 6.07) is 0.349. The molecule has 0 bridgehead atoms. The van der Waals surface area contributed by atoms with Crippen molar-refractivity contribution in [3.63, 3.8) is 0 Å². The van der Waals surface area contributed by atoms with E-state index in [4.69, 9.17) is 10.5 Å². The van der Waals surface area contributed by atoms with Crippen LogP contribution < -0.4 is 5.73 Å². The molecular formula is C16H35NO. The quantitative estimate of drug-likeness (QED) is 0.459. The zero-order chi connectivity index (χ0) is 13.5. The molecule has 2 nitrogen and oxygen atoms in total. The highest BCUT2D eigenvalue weighted by Gasteiger charge is 2.02. The summed E-state index contributed by atoms with van der Waals surface area (Å²) in [5.74, 6) is 0. The summed E-state index contributed by atoms with van der Waals surface area (Å²) in [6.45, 7) is 6.13. The van der Waals surface area contributed by atoms with Crippen LogP contribution in [0.4, 0.5) is 0 Å². The van der Waals surface area contributed by atoms with Crippen molar-refractivity contribution in [1.82, 2.24) is 0 Å². The van der Waals surface area contributed by atoms with Crippen LogP contribution in [0.2, 0.25) is 0 Å². The van der Waals surface area contributed by atoms with Crippen LogP contribution in [-0.4, -0.2) is 19.3 Å². The van der Waals surface area contributed by atoms with Crippen molar-refractivity contribution in [3.8, 4) is 0 Å². The molecule has 2 heteroatoms. The minimum atomic E-state index is 0.349. The highest BCUT2D eigenvalue weighted by Crippen LogP contribution is 2.11. The third-order valence-electron chi connectivity index (χ3n) is 3.41. The zero-order valence-electron chi connectivity index (χ0n) is 12.8. The highest BCUT2D eigenvalue weighted by atomic mass is 16.5. The van der Waals surface area contributed by atoms with Gasteiger partial charge in [0.25, 0.3) is 0 Å². The molecule has 0 heterocycles. The van der Waals surface area contributed by atoms with E-state index in [1.54, 1.807) is 0 Å². The van der Waals surface area contributed by atoms with Crippen molar-refractivity contribution in [3.05, 3.63) is 0 Å². The molecule has 0 spiro atoms. The lowest BCUT2D eigenvalue weighted by Gasteiger charge is -2.11. The molecule has 0 saturated carbocycles. The Morgan fingerprint density at radius 3 is 1.94 bits per heavy atom. The van der Waals surface area contributed by atoms with Gasteiger partial charge in [-0.25, -0.2) is 0 Å². The second-order valence-electron chi connectivity index (χ2n) is 5.42. The van der Waals surface area contributed by atoms with Crippen LogP contribution in [0.5, 0.6) is 0 Å². The Bertz CT molecular complexity index is 150. The molecule has 2 N–H and O–H groups in total. The SMILES string of the molecule is CCCCCCCCCCC(N)CCOCCC. The van der Waals surface area contributed by atoms with Crippen molar-refractivity contribution in [1.29, 1.82) is 0 Å². The van der Waals surface area contributed by atoms with Gasteiger partial charge in [0.15, 0.2) is 0 Å². The van der Waals surface area contributed by atoms with Gasteiger partial charge in [-0.1, -0.05) is 65.2 Å². The molecule has 110 valence electrons. The standard InChI is InChI=1S/C16H35NO/c1-3-5-6-7-8-9-10-11-12-16(17)13-15-18-14-4-2/h16H,3-15,17H2,1-2H3. The Morgan fingerprint density at radius 2 is 1.33 bits per heavy atom. The van der Waals surface area contributed by atoms with E-state index in [2.05, 4.69) is 13.8 Å². The second-order valence-corrected chi connectivity index (χ2v) is 5.42. The highest BCUT2D eigenvalue weighted by molar-refractivity contribution is 4.61. The molecule has 0 aliphatic rings. The summed E-state index contributed by atoms with van der Waals surface area (Å²) >= 11 is 0. The number of hydrogen-bond donors (Lipinski definition) is 1. The molecule has 0 aromatic carbocycles. The summed E-state index contributed by atoms with van der Waals surface area (Å²) < 4.78 is 5.46. The lowest BCUT2D eigenvalue weighted by molar-refractivity contribution is 0.127. The second kappa shape index (κ2) is 15.0. The zero-order valence-corrected chi connectivity index (χ0v) is 12.8. The Balaban J connectivity index is 3.08. The van der Waals surface area contributed by atoms with Gasteiger partial charge in [-0.15, -0.1) is 0 Å². The topological polar surface area (TPSA) is 35.2 Å². The van der Waals surface area contributed by atoms with Crippen molar-refractivity contribution in [2.75, 3.05) is 13.2 Å². The van der Waals surface area contributed by atoms with Crippen molar-refractivity contribution >= 4 is 0 Å². The van der Waals surface area contributed by atoms with Gasteiger partial charge in [0, 0.05) is 19.3 Å². The van der Waals surface area contributed by atoms with Crippen molar-refractivity contribution < 1.29 is 4.74 Å². The molecule has 0 radical (unpaired) electrons. The van der Waals surface area contributed by atoms with Gasteiger partial charge in [0.05, 0.1) is 0 Å². The lowest BCUT2D eigenvalue weighted by Crippen LogP contribution is -2.21. The average molecular weight is 257 g/mol. The molecule has 0 fully saturated rings. The first-order valence-corrected chi connectivity index (χ1v) is 8.14. The number of unbranched alkanes of at least 4 members (excludes halogenated alkanes) is 7. The number of ether oxygens (including phenoxy) is 1. The van der Waals surface area contributed by atoms with Crippen molar-refractivity contribution in [2.45, 2.75) is 90.5 Å². The Hall–Kier alpha value is -0.0800. The molecule has 1 unspecified atom stereocenters. The predicted octanol–water partition coefficient (Wildman–Crippen LogP) is 4.66. The van der Waals surface area contributed by atoms with Crippen LogP contribution in [0.15, 0.2) is 0 Å². The smallest absolute Gasteiger partial charge is 0.0480 e. The average Bonchev–Trinajstić information content (AvgIpc) is 2.38. The molecule has 0 aromatic rings. The predicted molar refractivity (Wildman–Crippen MR) is 80.9 cm³/mol. The number of rotatable bonds is 14. The van der Waals surface area contributed by atoms with Gasteiger partial charge in [-0.05, 0) is 19.3 Å². The van der Waals surface area contributed by atoms with Crippen molar-refractivity contribution in [2.24, 2.45) is 5.73 Å². The minimum absolute atomic E-state index is 0.349. The van der Waals surface area contributed by atoms with E-state index in [1.165, 1.54) is 57.8 Å². The van der Waals surface area contributed by atoms with E-state index in [9.17, 15) is 0 Å². The molecule has 0 rings (SSSR count). The third kappa shape index (κ3) is 14.0. The third-order valence-corrected chi connectivity index (χ3v) is 3.41. The van der Waals surface area contributed by atoms with E-state index in [-0.39, 0.29) is 0 Å². The largest absolute Gasteiger partial charge is 0.381 e. The molecule has 0 aromatic heterocycles. The maximum atomic E-state index is 6.06. The molecule has 0 amide bonds. The molecule has 0 aliphatic carbocycles. The van der Waals surface area contributed by atoms with Crippen LogP contribution in [0.25, 0.3) is 0 Å². The summed E-state index contributed by atoms with van der Waals surface area (Å²) in [6.07, 6.45) is 14.3. The van der Waals surface area contributed by atoms with Crippen LogP contribution in [0.1, 0.15) is 84.5 Å². The summed E-state index contributed by atoms with van der Waals surface area (Å²) in [7, 11) is 0. The monoisotopic (exact) mass is 257 g/mol. The van der Waals surface area contributed by atoms with Crippen LogP contribution in [0.3, 0.4) is 0 Å². The first kappa shape index (κ1) is 17.9. The number of nitrogens with two attached hydrogens (primary N) is 1. The van der Waals surface area contributed by atoms with E-state index in [0.29, 0.717) is 6.04 Å². The molecule has 0 saturated heterocycles. The fourth-order valence-corrected chi connectivity index (χ4v) is 2.17. The summed E-state index contributed by atoms with van der Waals surface area (Å²) in [4.78, 5) is 0. The minimum Gasteiger partial charge on any atom is -0.381 e. The van der Waals surface area contributed by atoms with Gasteiger partial charge in [0.2, 0.25) is 0 Å². The van der Waals surface area contributed by atoms with Gasteiger partial charge in [0.1, 0.15) is 0 Å². The molecular weight excluding hydrogens is 222 g/mol. The Kier molecular flexibility index (Phi) is 14.9. The van der Waals surface area contributed by atoms with Crippen LogP contribution in [0, 0.1) is 0 Å². The van der Waals surface area contributed by atoms with Gasteiger partial charge < -0.3 is 10.5 Å². The lowest BCUT2D eigenvalue weighted by atomic mass is 10.0. The first-order valence-electron chi connectivity index (χ1n) is 8.14. The van der Waals surface area contributed by atoms with Crippen LogP contribution >= 0.6 is 0 Å². The number of hydrogen-bond acceptors (Lipinski definition) is 2. The van der Waals surface area contributed by atoms with Gasteiger partial charge >= 0.3 is 0 Å². The summed E-state index contributed by atoms with van der Waals surface area (Å²) in [5, 5.41) is 0. The van der Waals surface area contributed by atoms with E-state index in [1.807, 2.05) is 0 Å². The fourth-order valence-electron chi connectivity index (χ4n) is 2.17. The van der Waals surface area contributed by atoms with Crippen LogP contribution in [-0.2, 0) is 4.74 Å². The Morgan fingerprint density at radius 1 is 0.722 bits per heavy atom. The molecule has 0 aliphatic heterocycles.